The van der Waals surface area contributed by atoms with Gasteiger partial charge in [-0.2, -0.15) is 4.39 Å². The van der Waals surface area contributed by atoms with E-state index < -0.39 is 29.8 Å². The molecule has 0 aliphatic carbocycles. The summed E-state index contributed by atoms with van der Waals surface area (Å²) in [6, 6.07) is 12.1. The summed E-state index contributed by atoms with van der Waals surface area (Å²) in [6.07, 6.45) is -0.523. The quantitative estimate of drug-likeness (QED) is 0.870. The first-order valence-electron chi connectivity index (χ1n) is 6.78. The Morgan fingerprint density at radius 1 is 1.17 bits per heavy atom. The summed E-state index contributed by atoms with van der Waals surface area (Å²) in [5.74, 6) is -4.40. The molecular formula is C17H14F2O4. The standard InChI is InChI=1S/C15H10F2O2.C2H4O2/c16-11-7-4-8-13-14(11)12(18)9-15(17,19-13)10-5-2-1-3-6-10;1-2(3)4/h1-8H,9H2;1H3,(H,3,4). The fourth-order valence-electron chi connectivity index (χ4n) is 2.21. The zero-order chi connectivity index (χ0) is 17.0. The van der Waals surface area contributed by atoms with Gasteiger partial charge in [0.1, 0.15) is 11.6 Å². The van der Waals surface area contributed by atoms with Crippen LogP contribution in [-0.2, 0) is 10.6 Å². The lowest BCUT2D eigenvalue weighted by Gasteiger charge is -2.31. The monoisotopic (exact) mass is 320 g/mol. The summed E-state index contributed by atoms with van der Waals surface area (Å²) in [5.41, 5.74) is 0.0740. The summed E-state index contributed by atoms with van der Waals surface area (Å²) < 4.78 is 33.6. The number of rotatable bonds is 1. The number of carboxylic acids is 1. The smallest absolute Gasteiger partial charge is 0.300 e. The number of ketones is 1. The van der Waals surface area contributed by atoms with Gasteiger partial charge in [-0.15, -0.1) is 0 Å². The van der Waals surface area contributed by atoms with Crippen LogP contribution in [0.25, 0.3) is 0 Å². The Labute approximate surface area is 131 Å². The molecule has 120 valence electrons. The molecular weight excluding hydrogens is 306 g/mol. The second-order valence-electron chi connectivity index (χ2n) is 4.93. The highest BCUT2D eigenvalue weighted by Gasteiger charge is 2.43. The van der Waals surface area contributed by atoms with Crippen molar-refractivity contribution in [2.24, 2.45) is 0 Å². The number of halogens is 2. The molecule has 23 heavy (non-hydrogen) atoms. The van der Waals surface area contributed by atoms with Gasteiger partial charge in [-0.3, -0.25) is 9.59 Å². The Bertz CT molecular complexity index is 727. The van der Waals surface area contributed by atoms with Gasteiger partial charge in [0.25, 0.3) is 11.8 Å². The molecule has 0 saturated heterocycles. The summed E-state index contributed by atoms with van der Waals surface area (Å²) in [5, 5.41) is 7.42. The van der Waals surface area contributed by atoms with Gasteiger partial charge in [-0.05, 0) is 12.1 Å². The highest BCUT2D eigenvalue weighted by Crippen LogP contribution is 2.41. The maximum absolute atomic E-state index is 14.8. The van der Waals surface area contributed by atoms with Gasteiger partial charge in [0.2, 0.25) is 0 Å². The molecule has 0 bridgehead atoms. The van der Waals surface area contributed by atoms with Crippen molar-refractivity contribution < 1.29 is 28.2 Å². The lowest BCUT2D eigenvalue weighted by Crippen LogP contribution is -2.35. The first kappa shape index (κ1) is 16.6. The predicted molar refractivity (Wildman–Crippen MR) is 78.5 cm³/mol. The molecule has 0 spiro atoms. The van der Waals surface area contributed by atoms with Crippen LogP contribution in [0.3, 0.4) is 0 Å². The summed E-state index contributed by atoms with van der Waals surface area (Å²) in [4.78, 5) is 20.9. The molecule has 6 heteroatoms. The average molecular weight is 320 g/mol. The molecule has 0 saturated carbocycles. The topological polar surface area (TPSA) is 63.6 Å². The maximum atomic E-state index is 14.8. The third-order valence-electron chi connectivity index (χ3n) is 3.12. The van der Waals surface area contributed by atoms with E-state index in [4.69, 9.17) is 14.6 Å². The Hall–Kier alpha value is -2.76. The van der Waals surface area contributed by atoms with E-state index in [-0.39, 0.29) is 16.9 Å². The highest BCUT2D eigenvalue weighted by atomic mass is 19.2. The van der Waals surface area contributed by atoms with Crippen molar-refractivity contribution in [1.29, 1.82) is 0 Å². The van der Waals surface area contributed by atoms with Crippen molar-refractivity contribution >= 4 is 11.8 Å². The minimum atomic E-state index is -2.24. The molecule has 0 aromatic heterocycles. The lowest BCUT2D eigenvalue weighted by molar-refractivity contribution is -0.134. The van der Waals surface area contributed by atoms with Crippen LogP contribution in [0.2, 0.25) is 0 Å². The van der Waals surface area contributed by atoms with Gasteiger partial charge in [0.15, 0.2) is 5.78 Å². The van der Waals surface area contributed by atoms with E-state index in [0.717, 1.165) is 13.0 Å². The minimum absolute atomic E-state index is 0.0531. The number of alkyl halides is 1. The largest absolute Gasteiger partial charge is 0.481 e. The Balaban J connectivity index is 0.000000433. The highest BCUT2D eigenvalue weighted by molar-refractivity contribution is 6.00. The van der Waals surface area contributed by atoms with Crippen LogP contribution in [0.1, 0.15) is 29.3 Å². The van der Waals surface area contributed by atoms with E-state index in [1.54, 1.807) is 18.2 Å². The molecule has 1 N–H and O–H groups in total. The molecule has 0 fully saturated rings. The van der Waals surface area contributed by atoms with Crippen molar-refractivity contribution in [3.05, 3.63) is 65.5 Å². The van der Waals surface area contributed by atoms with Crippen LogP contribution in [0, 0.1) is 5.82 Å². The van der Waals surface area contributed by atoms with Gasteiger partial charge in [0, 0.05) is 12.5 Å². The SMILES string of the molecule is CC(=O)O.O=C1CC(F)(c2ccccc2)Oc2cccc(F)c21. The van der Waals surface area contributed by atoms with Crippen LogP contribution in [-0.4, -0.2) is 16.9 Å². The molecule has 4 nitrogen and oxygen atoms in total. The molecule has 2 aromatic carbocycles. The fraction of sp³-hybridized carbons (Fsp3) is 0.176. The molecule has 0 radical (unpaired) electrons. The minimum Gasteiger partial charge on any atom is -0.481 e. The number of hydrogen-bond donors (Lipinski definition) is 1. The Morgan fingerprint density at radius 2 is 1.78 bits per heavy atom. The van der Waals surface area contributed by atoms with Crippen molar-refractivity contribution in [2.45, 2.75) is 19.2 Å². The van der Waals surface area contributed by atoms with Crippen LogP contribution >= 0.6 is 0 Å². The zero-order valence-electron chi connectivity index (χ0n) is 12.3. The van der Waals surface area contributed by atoms with Crippen molar-refractivity contribution in [1.82, 2.24) is 0 Å². The predicted octanol–water partition coefficient (Wildman–Crippen LogP) is 3.70. The molecule has 3 rings (SSSR count). The second-order valence-corrected chi connectivity index (χ2v) is 4.93. The van der Waals surface area contributed by atoms with Gasteiger partial charge in [0.05, 0.1) is 12.0 Å². The molecule has 0 amide bonds. The summed E-state index contributed by atoms with van der Waals surface area (Å²) in [7, 11) is 0. The number of Topliss-reactive ketones (excluding diaryl/α,β-unsaturated/α-hetero) is 1. The van der Waals surface area contributed by atoms with Crippen LogP contribution < -0.4 is 4.74 Å². The lowest BCUT2D eigenvalue weighted by atomic mass is 9.94. The van der Waals surface area contributed by atoms with Crippen molar-refractivity contribution in [2.75, 3.05) is 0 Å². The van der Waals surface area contributed by atoms with E-state index in [1.807, 2.05) is 0 Å². The third kappa shape index (κ3) is 3.71. The van der Waals surface area contributed by atoms with E-state index in [0.29, 0.717) is 0 Å². The first-order chi connectivity index (χ1) is 10.8. The van der Waals surface area contributed by atoms with E-state index in [2.05, 4.69) is 0 Å². The maximum Gasteiger partial charge on any atom is 0.300 e. The fourth-order valence-corrected chi connectivity index (χ4v) is 2.21. The van der Waals surface area contributed by atoms with Crippen molar-refractivity contribution in [3.63, 3.8) is 0 Å². The van der Waals surface area contributed by atoms with Crippen LogP contribution in [0.15, 0.2) is 48.5 Å². The van der Waals surface area contributed by atoms with Crippen LogP contribution in [0.5, 0.6) is 5.75 Å². The second kappa shape index (κ2) is 6.56. The number of ether oxygens (including phenoxy) is 1. The Morgan fingerprint density at radius 3 is 2.39 bits per heavy atom. The van der Waals surface area contributed by atoms with Gasteiger partial charge in [-0.1, -0.05) is 36.4 Å². The number of carbonyl (C=O) groups excluding carboxylic acids is 1. The third-order valence-corrected chi connectivity index (χ3v) is 3.12. The van der Waals surface area contributed by atoms with E-state index in [1.165, 1.54) is 24.3 Å². The molecule has 1 aliphatic heterocycles. The normalized spacial score (nSPS) is 19.0. The van der Waals surface area contributed by atoms with Crippen LogP contribution in [0.4, 0.5) is 8.78 Å². The number of hydrogen-bond acceptors (Lipinski definition) is 3. The summed E-state index contributed by atoms with van der Waals surface area (Å²) in [6.45, 7) is 1.08. The van der Waals surface area contributed by atoms with E-state index in [9.17, 15) is 13.6 Å². The first-order valence-corrected chi connectivity index (χ1v) is 6.78. The Kier molecular flexibility index (Phi) is 4.74. The number of fused-ring (bicyclic) bond motifs is 1. The molecule has 1 heterocycles. The number of carbonyl (C=O) groups is 2. The zero-order valence-corrected chi connectivity index (χ0v) is 12.3. The molecule has 2 aromatic rings. The molecule has 1 unspecified atom stereocenters. The average Bonchev–Trinajstić information content (AvgIpc) is 2.47. The van der Waals surface area contributed by atoms with Gasteiger partial charge >= 0.3 is 0 Å². The number of carboxylic acid groups (broad SMARTS) is 1. The van der Waals surface area contributed by atoms with E-state index >= 15 is 0 Å². The number of aliphatic carboxylic acids is 1. The van der Waals surface area contributed by atoms with Gasteiger partial charge in [-0.25, -0.2) is 4.39 Å². The molecule has 1 atom stereocenters. The number of benzene rings is 2. The van der Waals surface area contributed by atoms with Gasteiger partial charge < -0.3 is 9.84 Å². The van der Waals surface area contributed by atoms with Crippen molar-refractivity contribution in [3.8, 4) is 5.75 Å². The molecule has 1 aliphatic rings. The summed E-state index contributed by atoms with van der Waals surface area (Å²) >= 11 is 0.